The van der Waals surface area contributed by atoms with Crippen molar-refractivity contribution in [1.82, 2.24) is 14.5 Å². The fraction of sp³-hybridized carbons (Fsp3) is 0.429. The molecule has 2 aromatic rings. The fourth-order valence-corrected chi connectivity index (χ4v) is 2.60. The number of hydrogen-bond acceptors (Lipinski definition) is 3. The molecular formula is C14H18N4. The molecule has 0 radical (unpaired) electrons. The molecule has 94 valence electrons. The number of aromatic nitrogens is 3. The molecule has 0 fully saturated rings. The second kappa shape index (κ2) is 4.12. The molecule has 0 spiro atoms. The highest BCUT2D eigenvalue weighted by atomic mass is 15.1. The summed E-state index contributed by atoms with van der Waals surface area (Å²) in [7, 11) is 0. The lowest BCUT2D eigenvalue weighted by atomic mass is 10.0. The summed E-state index contributed by atoms with van der Waals surface area (Å²) in [5.41, 5.74) is 10.3. The third-order valence-electron chi connectivity index (χ3n) is 3.31. The Morgan fingerprint density at radius 3 is 3.06 bits per heavy atom. The van der Waals surface area contributed by atoms with Crippen LogP contribution in [0.3, 0.4) is 0 Å². The number of allylic oxidation sites excluding steroid dienone is 1. The number of anilines is 1. The van der Waals surface area contributed by atoms with E-state index < -0.39 is 0 Å². The number of nitrogen functional groups attached to an aromatic ring is 1. The van der Waals surface area contributed by atoms with Crippen molar-refractivity contribution in [3.63, 3.8) is 0 Å². The minimum absolute atomic E-state index is 0.540. The molecule has 0 bridgehead atoms. The monoisotopic (exact) mass is 242 g/mol. The highest BCUT2D eigenvalue weighted by Crippen LogP contribution is 2.29. The number of pyridine rings is 1. The average Bonchev–Trinajstić information content (AvgIpc) is 2.73. The molecule has 1 aliphatic rings. The van der Waals surface area contributed by atoms with Crippen LogP contribution >= 0.6 is 0 Å². The molecule has 0 aliphatic heterocycles. The van der Waals surface area contributed by atoms with Gasteiger partial charge in [-0.3, -0.25) is 0 Å². The maximum absolute atomic E-state index is 6.00. The van der Waals surface area contributed by atoms with Crippen molar-refractivity contribution < 1.29 is 0 Å². The van der Waals surface area contributed by atoms with Gasteiger partial charge in [0.05, 0.1) is 17.5 Å². The number of nitrogens with two attached hydrogens (primary N) is 1. The van der Waals surface area contributed by atoms with Crippen molar-refractivity contribution in [2.24, 2.45) is 5.92 Å². The third kappa shape index (κ3) is 1.68. The molecule has 0 atom stereocenters. The normalized spacial score (nSPS) is 14.4. The van der Waals surface area contributed by atoms with E-state index >= 15 is 0 Å². The van der Waals surface area contributed by atoms with E-state index in [-0.39, 0.29) is 0 Å². The van der Waals surface area contributed by atoms with Gasteiger partial charge in [0, 0.05) is 12.1 Å². The van der Waals surface area contributed by atoms with Crippen LogP contribution in [0.2, 0.25) is 0 Å². The van der Waals surface area contributed by atoms with E-state index in [0.717, 1.165) is 30.6 Å². The van der Waals surface area contributed by atoms with Crippen LogP contribution in [0.1, 0.15) is 31.5 Å². The Balaban J connectivity index is 2.28. The van der Waals surface area contributed by atoms with Gasteiger partial charge in [-0.15, -0.1) is 0 Å². The summed E-state index contributed by atoms with van der Waals surface area (Å²) in [5.74, 6) is 1.13. The highest BCUT2D eigenvalue weighted by Gasteiger charge is 2.17. The van der Waals surface area contributed by atoms with Crippen LogP contribution in [0, 0.1) is 5.92 Å². The largest absolute Gasteiger partial charge is 0.382 e. The summed E-state index contributed by atoms with van der Waals surface area (Å²) in [5, 5.41) is 0. The SMILES string of the molecule is CC(C)Cn1cnc2c(N)nc3c(c21)CCC=C3. The van der Waals surface area contributed by atoms with Crippen LogP contribution < -0.4 is 5.73 Å². The molecule has 18 heavy (non-hydrogen) atoms. The quantitative estimate of drug-likeness (QED) is 0.880. The van der Waals surface area contributed by atoms with Crippen molar-refractivity contribution in [1.29, 1.82) is 0 Å². The smallest absolute Gasteiger partial charge is 0.152 e. The predicted octanol–water partition coefficient (Wildman–Crippen LogP) is 2.63. The zero-order valence-corrected chi connectivity index (χ0v) is 10.8. The summed E-state index contributed by atoms with van der Waals surface area (Å²) in [6.07, 6.45) is 8.21. The van der Waals surface area contributed by atoms with Crippen LogP contribution in [0.25, 0.3) is 17.1 Å². The number of fused-ring (bicyclic) bond motifs is 3. The predicted molar refractivity (Wildman–Crippen MR) is 74.1 cm³/mol. The summed E-state index contributed by atoms with van der Waals surface area (Å²) in [4.78, 5) is 8.88. The standard InChI is InChI=1S/C14H18N4/c1-9(2)7-18-8-16-12-13(18)10-5-3-4-6-11(10)17-14(12)15/h4,6,8-9H,3,5,7H2,1-2H3,(H2,15,17). The van der Waals surface area contributed by atoms with E-state index in [4.69, 9.17) is 5.73 Å². The lowest BCUT2D eigenvalue weighted by molar-refractivity contribution is 0.532. The van der Waals surface area contributed by atoms with Crippen LogP contribution in [-0.2, 0) is 13.0 Å². The fourth-order valence-electron chi connectivity index (χ4n) is 2.60. The first kappa shape index (κ1) is 11.3. The first-order chi connectivity index (χ1) is 8.66. The first-order valence-electron chi connectivity index (χ1n) is 6.46. The molecule has 0 aromatic carbocycles. The molecule has 0 amide bonds. The van der Waals surface area contributed by atoms with Crippen LogP contribution in [0.4, 0.5) is 5.82 Å². The van der Waals surface area contributed by atoms with E-state index in [1.165, 1.54) is 11.1 Å². The Bertz CT molecular complexity index is 622. The van der Waals surface area contributed by atoms with Crippen LogP contribution in [-0.4, -0.2) is 14.5 Å². The minimum atomic E-state index is 0.540. The second-order valence-corrected chi connectivity index (χ2v) is 5.29. The zero-order chi connectivity index (χ0) is 12.7. The lowest BCUT2D eigenvalue weighted by Gasteiger charge is -2.15. The third-order valence-corrected chi connectivity index (χ3v) is 3.31. The summed E-state index contributed by atoms with van der Waals surface area (Å²) >= 11 is 0. The second-order valence-electron chi connectivity index (χ2n) is 5.29. The van der Waals surface area contributed by atoms with Crippen molar-refractivity contribution in [3.05, 3.63) is 23.7 Å². The van der Waals surface area contributed by atoms with Gasteiger partial charge in [0.1, 0.15) is 5.52 Å². The molecule has 2 N–H and O–H groups in total. The van der Waals surface area contributed by atoms with Crippen molar-refractivity contribution >= 4 is 22.9 Å². The summed E-state index contributed by atoms with van der Waals surface area (Å²) in [6, 6.07) is 0. The van der Waals surface area contributed by atoms with Gasteiger partial charge in [-0.25, -0.2) is 9.97 Å². The van der Waals surface area contributed by atoms with Gasteiger partial charge in [-0.05, 0) is 24.8 Å². The topological polar surface area (TPSA) is 56.7 Å². The van der Waals surface area contributed by atoms with E-state index in [0.29, 0.717) is 11.7 Å². The minimum Gasteiger partial charge on any atom is -0.382 e. The molecule has 2 heterocycles. The number of aryl methyl sites for hydroxylation is 1. The van der Waals surface area contributed by atoms with Crippen LogP contribution in [0.15, 0.2) is 12.4 Å². The van der Waals surface area contributed by atoms with E-state index in [2.05, 4.69) is 40.5 Å². The van der Waals surface area contributed by atoms with Crippen molar-refractivity contribution in [2.45, 2.75) is 33.2 Å². The van der Waals surface area contributed by atoms with Gasteiger partial charge >= 0.3 is 0 Å². The van der Waals surface area contributed by atoms with Gasteiger partial charge in [0.2, 0.25) is 0 Å². The Labute approximate surface area is 107 Å². The maximum Gasteiger partial charge on any atom is 0.152 e. The highest BCUT2D eigenvalue weighted by molar-refractivity contribution is 5.90. The Kier molecular flexibility index (Phi) is 2.58. The first-order valence-corrected chi connectivity index (χ1v) is 6.46. The van der Waals surface area contributed by atoms with Crippen molar-refractivity contribution in [2.75, 3.05) is 5.73 Å². The summed E-state index contributed by atoms with van der Waals surface area (Å²) in [6.45, 7) is 5.39. The summed E-state index contributed by atoms with van der Waals surface area (Å²) < 4.78 is 2.22. The Morgan fingerprint density at radius 2 is 2.28 bits per heavy atom. The zero-order valence-electron chi connectivity index (χ0n) is 10.8. The lowest BCUT2D eigenvalue weighted by Crippen LogP contribution is -2.08. The van der Waals surface area contributed by atoms with Gasteiger partial charge < -0.3 is 10.3 Å². The van der Waals surface area contributed by atoms with Gasteiger partial charge in [-0.1, -0.05) is 19.9 Å². The Hall–Kier alpha value is -1.84. The van der Waals surface area contributed by atoms with E-state index in [1.807, 2.05) is 6.33 Å². The number of rotatable bonds is 2. The van der Waals surface area contributed by atoms with E-state index in [1.54, 1.807) is 0 Å². The van der Waals surface area contributed by atoms with Gasteiger partial charge in [0.15, 0.2) is 5.82 Å². The van der Waals surface area contributed by atoms with E-state index in [9.17, 15) is 0 Å². The number of nitrogens with zero attached hydrogens (tertiary/aromatic N) is 3. The number of imidazole rings is 1. The van der Waals surface area contributed by atoms with Crippen molar-refractivity contribution in [3.8, 4) is 0 Å². The molecule has 0 unspecified atom stereocenters. The Morgan fingerprint density at radius 1 is 1.44 bits per heavy atom. The average molecular weight is 242 g/mol. The number of hydrogen-bond donors (Lipinski definition) is 1. The molecule has 1 aliphatic carbocycles. The van der Waals surface area contributed by atoms with Gasteiger partial charge in [-0.2, -0.15) is 0 Å². The maximum atomic E-state index is 6.00. The molecule has 0 saturated heterocycles. The van der Waals surface area contributed by atoms with Gasteiger partial charge in [0.25, 0.3) is 0 Å². The molecule has 4 nitrogen and oxygen atoms in total. The molecule has 2 aromatic heterocycles. The molecular weight excluding hydrogens is 224 g/mol. The molecule has 4 heteroatoms. The van der Waals surface area contributed by atoms with Crippen LogP contribution in [0.5, 0.6) is 0 Å². The molecule has 3 rings (SSSR count). The molecule has 0 saturated carbocycles.